The van der Waals surface area contributed by atoms with Gasteiger partial charge in [0, 0.05) is 40.4 Å². The van der Waals surface area contributed by atoms with E-state index in [1.54, 1.807) is 33.8 Å². The number of aliphatic hydroxyl groups excluding tert-OH is 2. The van der Waals surface area contributed by atoms with E-state index in [0.29, 0.717) is 11.1 Å². The van der Waals surface area contributed by atoms with Crippen LogP contribution in [0.2, 0.25) is 0 Å². The van der Waals surface area contributed by atoms with Gasteiger partial charge in [0.05, 0.1) is 5.56 Å². The molecular formula is C36H40F2O7. The zero-order valence-electron chi connectivity index (χ0n) is 26.8. The summed E-state index contributed by atoms with van der Waals surface area (Å²) in [6.45, 7) is 12.6. The first-order chi connectivity index (χ1) is 20.6. The van der Waals surface area contributed by atoms with Crippen LogP contribution in [0.25, 0.3) is 16.9 Å². The molecule has 1 unspecified atom stereocenters. The molecule has 7 nitrogen and oxygen atoms in total. The number of alkyl halides is 2. The largest absolute Gasteiger partial charge is 0.508 e. The summed E-state index contributed by atoms with van der Waals surface area (Å²) < 4.78 is 27.8. The van der Waals surface area contributed by atoms with Gasteiger partial charge in [-0.1, -0.05) is 65.8 Å². The van der Waals surface area contributed by atoms with Crippen molar-refractivity contribution in [3.05, 3.63) is 69.5 Å². The van der Waals surface area contributed by atoms with Gasteiger partial charge in [-0.25, -0.2) is 8.78 Å². The second-order valence-electron chi connectivity index (χ2n) is 14.3. The van der Waals surface area contributed by atoms with Crippen molar-refractivity contribution < 1.29 is 43.6 Å². The summed E-state index contributed by atoms with van der Waals surface area (Å²) in [5.41, 5.74) is -4.44. The number of aromatic hydroxyl groups is 1. The highest BCUT2D eigenvalue weighted by Gasteiger charge is 2.72. The van der Waals surface area contributed by atoms with Gasteiger partial charge in [-0.2, -0.15) is 0 Å². The van der Waals surface area contributed by atoms with E-state index in [-0.39, 0.29) is 46.8 Å². The molecule has 9 heteroatoms. The number of allylic oxidation sites excluding steroid dienone is 1. The molecule has 0 radical (unpaired) electrons. The van der Waals surface area contributed by atoms with Crippen LogP contribution in [0.15, 0.2) is 47.2 Å². The topological polar surface area (TPSA) is 132 Å². The van der Waals surface area contributed by atoms with Gasteiger partial charge in [0.2, 0.25) is 5.78 Å². The monoisotopic (exact) mass is 622 g/mol. The molecule has 0 spiro atoms. The number of Topliss-reactive ketones (excluding diaryl/α,β-unsaturated/α-hetero) is 3. The summed E-state index contributed by atoms with van der Waals surface area (Å²) in [5.74, 6) is -9.03. The lowest BCUT2D eigenvalue weighted by atomic mass is 9.43. The van der Waals surface area contributed by atoms with Gasteiger partial charge in [-0.05, 0) is 54.4 Å². The van der Waals surface area contributed by atoms with Crippen LogP contribution < -0.4 is 0 Å². The lowest BCUT2D eigenvalue weighted by Crippen LogP contribution is -2.69. The van der Waals surface area contributed by atoms with E-state index in [0.717, 1.165) is 19.4 Å². The molecule has 0 aliphatic heterocycles. The summed E-state index contributed by atoms with van der Waals surface area (Å²) >= 11 is 0. The first kappa shape index (κ1) is 32.5. The van der Waals surface area contributed by atoms with Crippen molar-refractivity contribution in [1.82, 2.24) is 0 Å². The molecule has 3 aliphatic rings. The highest BCUT2D eigenvalue weighted by Crippen LogP contribution is 2.65. The summed E-state index contributed by atoms with van der Waals surface area (Å²) in [7, 11) is 0. The Morgan fingerprint density at radius 1 is 1.02 bits per heavy atom. The number of halogens is 2. The van der Waals surface area contributed by atoms with Gasteiger partial charge in [0.1, 0.15) is 22.8 Å². The van der Waals surface area contributed by atoms with Gasteiger partial charge in [-0.15, -0.1) is 0 Å². The van der Waals surface area contributed by atoms with Crippen LogP contribution in [0.1, 0.15) is 90.0 Å². The first-order valence-electron chi connectivity index (χ1n) is 15.2. The molecule has 4 N–H and O–H groups in total. The predicted octanol–water partition coefficient (Wildman–Crippen LogP) is 7.09. The Morgan fingerprint density at radius 2 is 1.60 bits per heavy atom. The molecule has 2 aromatic rings. The molecule has 1 saturated carbocycles. The summed E-state index contributed by atoms with van der Waals surface area (Å²) in [5, 5.41) is 47.2. The molecule has 45 heavy (non-hydrogen) atoms. The third-order valence-electron chi connectivity index (χ3n) is 10.4. The lowest BCUT2D eigenvalue weighted by Gasteiger charge is -2.59. The number of rotatable bonds is 5. The number of phenols is 1. The van der Waals surface area contributed by atoms with E-state index in [9.17, 15) is 43.6 Å². The number of ketones is 3. The molecule has 0 saturated heterocycles. The second-order valence-corrected chi connectivity index (χ2v) is 14.3. The molecule has 0 aromatic heterocycles. The fourth-order valence-corrected chi connectivity index (χ4v) is 8.49. The number of carbonyl (C=O) groups is 3. The van der Waals surface area contributed by atoms with E-state index < -0.39 is 68.6 Å². The van der Waals surface area contributed by atoms with E-state index in [1.807, 2.05) is 13.8 Å². The molecule has 0 heterocycles. The number of benzene rings is 2. The maximum absolute atomic E-state index is 14.6. The van der Waals surface area contributed by atoms with Gasteiger partial charge < -0.3 is 20.4 Å². The summed E-state index contributed by atoms with van der Waals surface area (Å²) in [6, 6.07) is 7.18. The number of fused-ring (bicyclic) bond motifs is 3. The van der Waals surface area contributed by atoms with Crippen LogP contribution in [0.3, 0.4) is 0 Å². The van der Waals surface area contributed by atoms with Crippen molar-refractivity contribution in [2.75, 3.05) is 0 Å². The minimum absolute atomic E-state index is 0.00234. The Bertz CT molecular complexity index is 1730. The molecule has 2 aromatic carbocycles. The highest BCUT2D eigenvalue weighted by molar-refractivity contribution is 6.24. The SMILES string of the molecule is CC(=O)C1=C(O)[C@]2(O)C(=O)C3=C(O)c4c(O)c(-c5ccc(C(C)(F)F)cc5)cc(C(C)C)c4C[C@]3(C)C[C@]2(C)C(C(C)C)C1=O. The average molecular weight is 623 g/mol. The molecule has 5 rings (SSSR count). The summed E-state index contributed by atoms with van der Waals surface area (Å²) in [6.07, 6.45) is 0.155. The number of carbonyl (C=O) groups excluding carboxylic acids is 3. The van der Waals surface area contributed by atoms with Gasteiger partial charge in [0.25, 0.3) is 5.92 Å². The lowest BCUT2D eigenvalue weighted by molar-refractivity contribution is -0.178. The third-order valence-corrected chi connectivity index (χ3v) is 10.4. The Balaban J connectivity index is 1.81. The van der Waals surface area contributed by atoms with E-state index in [2.05, 4.69) is 0 Å². The van der Waals surface area contributed by atoms with Crippen LogP contribution in [0.4, 0.5) is 8.78 Å². The van der Waals surface area contributed by atoms with Crippen molar-refractivity contribution in [3.8, 4) is 16.9 Å². The van der Waals surface area contributed by atoms with Crippen LogP contribution >= 0.6 is 0 Å². The van der Waals surface area contributed by atoms with Crippen LogP contribution in [0, 0.1) is 22.7 Å². The zero-order valence-corrected chi connectivity index (χ0v) is 26.8. The molecular weight excluding hydrogens is 582 g/mol. The van der Waals surface area contributed by atoms with E-state index in [1.165, 1.54) is 24.3 Å². The number of phenolic OH excluding ortho intramolecular Hbond substituents is 1. The van der Waals surface area contributed by atoms with Crippen molar-refractivity contribution in [2.24, 2.45) is 22.7 Å². The van der Waals surface area contributed by atoms with Crippen LogP contribution in [-0.4, -0.2) is 43.4 Å². The van der Waals surface area contributed by atoms with Gasteiger partial charge in [-0.3, -0.25) is 14.4 Å². The smallest absolute Gasteiger partial charge is 0.270 e. The number of aliphatic hydroxyl groups is 3. The molecule has 0 amide bonds. The summed E-state index contributed by atoms with van der Waals surface area (Å²) in [4.78, 5) is 40.9. The van der Waals surface area contributed by atoms with Gasteiger partial charge in [0.15, 0.2) is 17.2 Å². The maximum atomic E-state index is 14.6. The van der Waals surface area contributed by atoms with Crippen LogP contribution in [0.5, 0.6) is 5.75 Å². The second kappa shape index (κ2) is 10.1. The standard InChI is InChI=1S/C36H40F2O7/c1-16(2)21-13-22(19-9-11-20(12-10-19)35(8,37)38)28(40)25-23(21)14-33(6)15-34(7)26(17(3)4)29(41)24(18(5)39)31(43)36(34,45)32(44)27(33)30(25)42/h9-13,16-17,26,40,42-43,45H,14-15H2,1-8H3/t26?,33-,34-,36+/m1/s1. The Hall–Kier alpha value is -3.85. The Morgan fingerprint density at radius 3 is 2.09 bits per heavy atom. The molecule has 240 valence electrons. The minimum Gasteiger partial charge on any atom is -0.508 e. The molecule has 3 aliphatic carbocycles. The fraction of sp³-hybridized carbons (Fsp3) is 0.472. The Kier molecular flexibility index (Phi) is 7.29. The maximum Gasteiger partial charge on any atom is 0.270 e. The van der Waals surface area contributed by atoms with Crippen molar-refractivity contribution in [1.29, 1.82) is 0 Å². The first-order valence-corrected chi connectivity index (χ1v) is 15.2. The Labute approximate surface area is 261 Å². The quantitative estimate of drug-likeness (QED) is 0.262. The number of hydrogen-bond donors (Lipinski definition) is 4. The van der Waals surface area contributed by atoms with Crippen molar-refractivity contribution in [2.45, 2.75) is 85.7 Å². The molecule has 0 bridgehead atoms. The van der Waals surface area contributed by atoms with Crippen LogP contribution in [-0.2, 0) is 26.7 Å². The predicted molar refractivity (Wildman–Crippen MR) is 165 cm³/mol. The number of hydrogen-bond acceptors (Lipinski definition) is 7. The van der Waals surface area contributed by atoms with Crippen molar-refractivity contribution in [3.63, 3.8) is 0 Å². The van der Waals surface area contributed by atoms with E-state index in [4.69, 9.17) is 0 Å². The fourth-order valence-electron chi connectivity index (χ4n) is 8.49. The van der Waals surface area contributed by atoms with E-state index >= 15 is 0 Å². The zero-order chi connectivity index (χ0) is 33.8. The average Bonchev–Trinajstić information content (AvgIpc) is 2.89. The molecule has 1 fully saturated rings. The normalized spacial score (nSPS) is 28.4. The van der Waals surface area contributed by atoms with Crippen molar-refractivity contribution >= 4 is 23.1 Å². The molecule has 4 atom stereocenters. The minimum atomic E-state index is -3.07. The third kappa shape index (κ3) is 4.33. The highest BCUT2D eigenvalue weighted by atomic mass is 19.3. The van der Waals surface area contributed by atoms with Gasteiger partial charge >= 0.3 is 0 Å².